The Labute approximate surface area is 162 Å². The van der Waals surface area contributed by atoms with E-state index in [4.69, 9.17) is 0 Å². The number of benzene rings is 2. The average Bonchev–Trinajstić information content (AvgIpc) is 2.92. The van der Waals surface area contributed by atoms with Crippen LogP contribution in [0.3, 0.4) is 0 Å². The number of nitrogens with zero attached hydrogens (tertiary/aromatic N) is 3. The molecule has 1 heterocycles. The molecule has 1 fully saturated rings. The van der Waals surface area contributed by atoms with Gasteiger partial charge in [-0.2, -0.15) is 10.2 Å². The van der Waals surface area contributed by atoms with Crippen LogP contribution < -0.4 is 10.6 Å². The first kappa shape index (κ1) is 19.2. The van der Waals surface area contributed by atoms with Gasteiger partial charge in [-0.1, -0.05) is 25.1 Å². The number of amides is 4. The van der Waals surface area contributed by atoms with Crippen LogP contribution in [0.5, 0.6) is 0 Å². The molecule has 3 rings (SSSR count). The normalized spacial score (nSPS) is 19.1. The number of hydrogen-bond donors (Lipinski definition) is 2. The molecule has 144 valence electrons. The maximum Gasteiger partial charge on any atom is 0.325 e. The number of carbonyl (C=O) groups excluding carboxylic acids is 3. The quantitative estimate of drug-likeness (QED) is 0.590. The van der Waals surface area contributed by atoms with Crippen molar-refractivity contribution < 1.29 is 14.4 Å². The Morgan fingerprint density at radius 2 is 1.64 bits per heavy atom. The third-order valence-electron chi connectivity index (χ3n) is 4.54. The summed E-state index contributed by atoms with van der Waals surface area (Å²) in [5.41, 5.74) is 0.958. The average molecular weight is 379 g/mol. The van der Waals surface area contributed by atoms with Gasteiger partial charge >= 0.3 is 6.03 Å². The summed E-state index contributed by atoms with van der Waals surface area (Å²) < 4.78 is 0. The second-order valence-corrected chi connectivity index (χ2v) is 6.64. The monoisotopic (exact) mass is 379 g/mol. The molecule has 4 amide bonds. The summed E-state index contributed by atoms with van der Waals surface area (Å²) in [6, 6.07) is 15.6. The first-order valence-electron chi connectivity index (χ1n) is 8.92. The molecule has 0 bridgehead atoms. The van der Waals surface area contributed by atoms with Crippen LogP contribution in [-0.4, -0.2) is 34.8 Å². The van der Waals surface area contributed by atoms with E-state index in [0.29, 0.717) is 17.8 Å². The van der Waals surface area contributed by atoms with Gasteiger partial charge in [-0.3, -0.25) is 14.5 Å². The van der Waals surface area contributed by atoms with E-state index in [1.165, 1.54) is 0 Å². The van der Waals surface area contributed by atoms with E-state index < -0.39 is 23.4 Å². The van der Waals surface area contributed by atoms with E-state index in [1.54, 1.807) is 38.1 Å². The molecule has 1 aliphatic heterocycles. The SMILES string of the molecule is CC[C@]1(C)NC(=O)N(CC(=O)Nc2ccc(N=Nc3ccccc3)cc2)C1=O. The fourth-order valence-electron chi connectivity index (χ4n) is 2.70. The number of anilines is 1. The lowest BCUT2D eigenvalue weighted by molar-refractivity contribution is -0.133. The van der Waals surface area contributed by atoms with Crippen molar-refractivity contribution >= 4 is 34.9 Å². The van der Waals surface area contributed by atoms with Crippen LogP contribution in [0.25, 0.3) is 0 Å². The Bertz CT molecular complexity index is 911. The second-order valence-electron chi connectivity index (χ2n) is 6.64. The van der Waals surface area contributed by atoms with Crippen LogP contribution in [-0.2, 0) is 9.59 Å². The van der Waals surface area contributed by atoms with Crippen LogP contribution in [0.15, 0.2) is 64.8 Å². The molecule has 2 aromatic rings. The Hall–Kier alpha value is -3.55. The van der Waals surface area contributed by atoms with E-state index in [0.717, 1.165) is 10.6 Å². The fraction of sp³-hybridized carbons (Fsp3) is 0.250. The lowest BCUT2D eigenvalue weighted by atomic mass is 9.99. The number of rotatable bonds is 6. The summed E-state index contributed by atoms with van der Waals surface area (Å²) in [5, 5.41) is 13.5. The van der Waals surface area contributed by atoms with E-state index in [2.05, 4.69) is 20.9 Å². The molecule has 0 unspecified atom stereocenters. The van der Waals surface area contributed by atoms with Crippen LogP contribution in [0.4, 0.5) is 21.9 Å². The third kappa shape index (κ3) is 4.22. The Balaban J connectivity index is 1.58. The Kier molecular flexibility index (Phi) is 5.49. The van der Waals surface area contributed by atoms with Gasteiger partial charge in [0.05, 0.1) is 11.4 Å². The molecule has 0 saturated carbocycles. The topological polar surface area (TPSA) is 103 Å². The number of nitrogens with one attached hydrogen (secondary N) is 2. The molecule has 0 aromatic heterocycles. The second kappa shape index (κ2) is 7.99. The van der Waals surface area contributed by atoms with Crippen molar-refractivity contribution in [3.8, 4) is 0 Å². The van der Waals surface area contributed by atoms with Gasteiger partial charge in [-0.05, 0) is 49.7 Å². The van der Waals surface area contributed by atoms with Gasteiger partial charge in [-0.25, -0.2) is 4.79 Å². The number of azo groups is 1. The highest BCUT2D eigenvalue weighted by Crippen LogP contribution is 2.22. The molecular formula is C20H21N5O3. The standard InChI is InChI=1S/C20H21N5O3/c1-3-20(2)18(27)25(19(28)22-20)13-17(26)21-14-9-11-16(12-10-14)24-23-15-7-5-4-6-8-15/h4-12H,3,13H2,1-2H3,(H,21,26)(H,22,28)/t20-/m0/s1. The first-order chi connectivity index (χ1) is 13.4. The van der Waals surface area contributed by atoms with E-state index in [-0.39, 0.29) is 6.54 Å². The van der Waals surface area contributed by atoms with Crippen molar-refractivity contribution in [2.45, 2.75) is 25.8 Å². The lowest BCUT2D eigenvalue weighted by Crippen LogP contribution is -2.44. The zero-order valence-corrected chi connectivity index (χ0v) is 15.7. The predicted molar refractivity (Wildman–Crippen MR) is 105 cm³/mol. The van der Waals surface area contributed by atoms with Gasteiger partial charge in [0.15, 0.2) is 0 Å². The minimum atomic E-state index is -0.956. The van der Waals surface area contributed by atoms with Crippen LogP contribution in [0.1, 0.15) is 20.3 Å². The highest BCUT2D eigenvalue weighted by atomic mass is 16.2. The highest BCUT2D eigenvalue weighted by molar-refractivity contribution is 6.09. The van der Waals surface area contributed by atoms with E-state index in [1.807, 2.05) is 30.3 Å². The summed E-state index contributed by atoms with van der Waals surface area (Å²) in [6.45, 7) is 3.11. The van der Waals surface area contributed by atoms with Gasteiger partial charge in [0.2, 0.25) is 5.91 Å². The number of imide groups is 1. The molecule has 1 atom stereocenters. The van der Waals surface area contributed by atoms with Gasteiger partial charge in [0, 0.05) is 5.69 Å². The minimum absolute atomic E-state index is 0.338. The van der Waals surface area contributed by atoms with Crippen LogP contribution in [0.2, 0.25) is 0 Å². The van der Waals surface area contributed by atoms with Crippen molar-refractivity contribution in [3.05, 3.63) is 54.6 Å². The largest absolute Gasteiger partial charge is 0.325 e. The lowest BCUT2D eigenvalue weighted by Gasteiger charge is -2.19. The maximum atomic E-state index is 12.3. The zero-order valence-electron chi connectivity index (χ0n) is 15.7. The van der Waals surface area contributed by atoms with E-state index in [9.17, 15) is 14.4 Å². The molecule has 1 aliphatic rings. The summed E-state index contributed by atoms with van der Waals surface area (Å²) in [6.07, 6.45) is 0.453. The van der Waals surface area contributed by atoms with Crippen molar-refractivity contribution in [3.63, 3.8) is 0 Å². The van der Waals surface area contributed by atoms with Gasteiger partial charge < -0.3 is 10.6 Å². The van der Waals surface area contributed by atoms with Crippen molar-refractivity contribution in [2.75, 3.05) is 11.9 Å². The fourth-order valence-corrected chi connectivity index (χ4v) is 2.70. The maximum absolute atomic E-state index is 12.3. The molecular weight excluding hydrogens is 358 g/mol. The Morgan fingerprint density at radius 3 is 2.21 bits per heavy atom. The molecule has 28 heavy (non-hydrogen) atoms. The minimum Gasteiger partial charge on any atom is -0.325 e. The van der Waals surface area contributed by atoms with Gasteiger partial charge in [-0.15, -0.1) is 0 Å². The zero-order chi connectivity index (χ0) is 20.1. The van der Waals surface area contributed by atoms with Crippen molar-refractivity contribution in [1.82, 2.24) is 10.2 Å². The smallest absolute Gasteiger partial charge is 0.325 e. The van der Waals surface area contributed by atoms with Gasteiger partial charge in [0.25, 0.3) is 5.91 Å². The molecule has 2 N–H and O–H groups in total. The van der Waals surface area contributed by atoms with E-state index >= 15 is 0 Å². The molecule has 0 radical (unpaired) electrons. The summed E-state index contributed by atoms with van der Waals surface area (Å²) >= 11 is 0. The summed E-state index contributed by atoms with van der Waals surface area (Å²) in [5.74, 6) is -0.852. The van der Waals surface area contributed by atoms with Crippen LogP contribution >= 0.6 is 0 Å². The molecule has 0 spiro atoms. The summed E-state index contributed by atoms with van der Waals surface area (Å²) in [7, 11) is 0. The number of carbonyl (C=O) groups is 3. The van der Waals surface area contributed by atoms with Crippen LogP contribution in [0, 0.1) is 0 Å². The first-order valence-corrected chi connectivity index (χ1v) is 8.92. The van der Waals surface area contributed by atoms with Crippen molar-refractivity contribution in [1.29, 1.82) is 0 Å². The third-order valence-corrected chi connectivity index (χ3v) is 4.54. The highest BCUT2D eigenvalue weighted by Gasteiger charge is 2.46. The molecule has 8 heteroatoms. The summed E-state index contributed by atoms with van der Waals surface area (Å²) in [4.78, 5) is 37.5. The predicted octanol–water partition coefficient (Wildman–Crippen LogP) is 3.76. The molecule has 8 nitrogen and oxygen atoms in total. The Morgan fingerprint density at radius 1 is 1.04 bits per heavy atom. The number of hydrogen-bond acceptors (Lipinski definition) is 5. The molecule has 2 aromatic carbocycles. The number of urea groups is 1. The molecule has 0 aliphatic carbocycles. The molecule has 1 saturated heterocycles. The van der Waals surface area contributed by atoms with Gasteiger partial charge in [0.1, 0.15) is 12.1 Å². The van der Waals surface area contributed by atoms with Crippen molar-refractivity contribution in [2.24, 2.45) is 10.2 Å².